The monoisotopic (exact) mass is 326 g/mol. The predicted molar refractivity (Wildman–Crippen MR) is 70.5 cm³/mol. The molecule has 0 amide bonds. The van der Waals surface area contributed by atoms with Crippen LogP contribution >= 0.6 is 22.6 Å². The van der Waals surface area contributed by atoms with Gasteiger partial charge in [0, 0.05) is 21.5 Å². The highest BCUT2D eigenvalue weighted by Crippen LogP contribution is 2.18. The van der Waals surface area contributed by atoms with E-state index in [0.717, 1.165) is 14.7 Å². The number of carbonyl (C=O) groups is 1. The molecule has 1 heterocycles. The fourth-order valence-electron chi connectivity index (χ4n) is 1.50. The van der Waals surface area contributed by atoms with Crippen LogP contribution in [0.1, 0.15) is 21.7 Å². The van der Waals surface area contributed by atoms with Crippen LogP contribution < -0.4 is 0 Å². The Morgan fingerprint density at radius 1 is 1.50 bits per heavy atom. The minimum Gasteiger partial charge on any atom is -0.348 e. The molecule has 2 aromatic rings. The molecule has 0 atom stereocenters. The zero-order chi connectivity index (χ0) is 11.5. The smallest absolute Gasteiger partial charge is 0.171 e. The van der Waals surface area contributed by atoms with Gasteiger partial charge in [-0.05, 0) is 35.1 Å². The van der Waals surface area contributed by atoms with Crippen LogP contribution in [0.2, 0.25) is 0 Å². The van der Waals surface area contributed by atoms with Crippen molar-refractivity contribution < 1.29 is 4.79 Å². The van der Waals surface area contributed by atoms with Gasteiger partial charge >= 0.3 is 0 Å². The van der Waals surface area contributed by atoms with Crippen LogP contribution in [0.25, 0.3) is 0 Å². The lowest BCUT2D eigenvalue weighted by Gasteiger charge is -2.04. The molecule has 1 aromatic carbocycles. The van der Waals surface area contributed by atoms with Crippen molar-refractivity contribution in [2.45, 2.75) is 13.3 Å². The van der Waals surface area contributed by atoms with Gasteiger partial charge in [-0.3, -0.25) is 4.79 Å². The topological polar surface area (TPSA) is 45.8 Å². The van der Waals surface area contributed by atoms with Gasteiger partial charge < -0.3 is 4.98 Å². The molecule has 0 bridgehead atoms. The predicted octanol–water partition coefficient (Wildman–Crippen LogP) is 2.75. The molecule has 3 nitrogen and oxygen atoms in total. The van der Waals surface area contributed by atoms with Crippen molar-refractivity contribution in [1.82, 2.24) is 9.97 Å². The molecule has 16 heavy (non-hydrogen) atoms. The van der Waals surface area contributed by atoms with E-state index in [9.17, 15) is 4.79 Å². The first-order valence-electron chi connectivity index (χ1n) is 4.95. The maximum atomic E-state index is 12.0. The van der Waals surface area contributed by atoms with Gasteiger partial charge in [0.05, 0.1) is 6.42 Å². The lowest BCUT2D eigenvalue weighted by Crippen LogP contribution is -2.07. The van der Waals surface area contributed by atoms with Gasteiger partial charge in [-0.15, -0.1) is 0 Å². The average molecular weight is 326 g/mol. The number of halogens is 1. The summed E-state index contributed by atoms with van der Waals surface area (Å²) in [6, 6.07) is 5.78. The normalized spacial score (nSPS) is 10.4. The summed E-state index contributed by atoms with van der Waals surface area (Å²) in [6.07, 6.45) is 3.71. The van der Waals surface area contributed by atoms with Crippen LogP contribution in [0.5, 0.6) is 0 Å². The molecular weight excluding hydrogens is 315 g/mol. The summed E-state index contributed by atoms with van der Waals surface area (Å²) >= 11 is 2.21. The number of hydrogen-bond acceptors (Lipinski definition) is 2. The Kier molecular flexibility index (Phi) is 3.38. The van der Waals surface area contributed by atoms with Gasteiger partial charge in [0.1, 0.15) is 5.82 Å². The van der Waals surface area contributed by atoms with Crippen molar-refractivity contribution in [1.29, 1.82) is 0 Å². The van der Waals surface area contributed by atoms with Crippen molar-refractivity contribution >= 4 is 28.4 Å². The number of ketones is 1. The number of benzene rings is 1. The summed E-state index contributed by atoms with van der Waals surface area (Å²) in [6.45, 7) is 2.01. The number of nitrogens with zero attached hydrogens (tertiary/aromatic N) is 1. The van der Waals surface area contributed by atoms with Crippen molar-refractivity contribution in [2.24, 2.45) is 0 Å². The molecule has 0 saturated carbocycles. The first-order chi connectivity index (χ1) is 7.68. The Bertz CT molecular complexity index is 506. The van der Waals surface area contributed by atoms with Gasteiger partial charge in [0.25, 0.3) is 0 Å². The number of aromatic amines is 1. The molecule has 82 valence electrons. The minimum atomic E-state index is 0.100. The molecule has 2 rings (SSSR count). The maximum Gasteiger partial charge on any atom is 0.171 e. The van der Waals surface area contributed by atoms with E-state index in [1.165, 1.54) is 0 Å². The standard InChI is InChI=1S/C12H11IN2O/c1-8-3-2-4-9(12(8)13)10(16)7-11-14-5-6-15-11/h2-6H,7H2,1H3,(H,14,15). The van der Waals surface area contributed by atoms with E-state index < -0.39 is 0 Å². The molecule has 0 radical (unpaired) electrons. The van der Waals surface area contributed by atoms with E-state index in [4.69, 9.17) is 0 Å². The largest absolute Gasteiger partial charge is 0.348 e. The molecule has 1 N–H and O–H groups in total. The third-order valence-corrected chi connectivity index (χ3v) is 3.81. The molecule has 0 spiro atoms. The lowest BCUT2D eigenvalue weighted by atomic mass is 10.1. The number of Topliss-reactive ketones (excluding diaryl/α,β-unsaturated/α-hetero) is 1. The number of rotatable bonds is 3. The summed E-state index contributed by atoms with van der Waals surface area (Å²) in [5.41, 5.74) is 1.91. The molecule has 0 aliphatic heterocycles. The first kappa shape index (κ1) is 11.3. The number of carbonyl (C=O) groups excluding carboxylic acids is 1. The Morgan fingerprint density at radius 3 is 3.00 bits per heavy atom. The van der Waals surface area contributed by atoms with Gasteiger partial charge in [-0.1, -0.05) is 18.2 Å². The molecule has 1 aromatic heterocycles. The lowest BCUT2D eigenvalue weighted by molar-refractivity contribution is 0.0990. The van der Waals surface area contributed by atoms with Crippen molar-refractivity contribution in [2.75, 3.05) is 0 Å². The maximum absolute atomic E-state index is 12.0. The second kappa shape index (κ2) is 4.78. The number of nitrogens with one attached hydrogen (secondary N) is 1. The highest BCUT2D eigenvalue weighted by molar-refractivity contribution is 14.1. The van der Waals surface area contributed by atoms with Crippen LogP contribution in [0, 0.1) is 10.5 Å². The second-order valence-corrected chi connectivity index (χ2v) is 4.65. The molecule has 0 fully saturated rings. The van der Waals surface area contributed by atoms with E-state index in [1.807, 2.05) is 25.1 Å². The number of hydrogen-bond donors (Lipinski definition) is 1. The Morgan fingerprint density at radius 2 is 2.31 bits per heavy atom. The SMILES string of the molecule is Cc1cccc(C(=O)Cc2ncc[nH]2)c1I. The van der Waals surface area contributed by atoms with E-state index in [2.05, 4.69) is 32.6 Å². The quantitative estimate of drug-likeness (QED) is 0.696. The van der Waals surface area contributed by atoms with Crippen LogP contribution in [-0.4, -0.2) is 15.8 Å². The molecular formula is C12H11IN2O. The van der Waals surface area contributed by atoms with Crippen LogP contribution in [0.15, 0.2) is 30.6 Å². The van der Waals surface area contributed by atoms with Crippen molar-refractivity contribution in [3.05, 3.63) is 51.1 Å². The van der Waals surface area contributed by atoms with Crippen LogP contribution in [0.3, 0.4) is 0 Å². The van der Waals surface area contributed by atoms with Gasteiger partial charge in [-0.25, -0.2) is 4.98 Å². The zero-order valence-corrected chi connectivity index (χ0v) is 11.0. The molecule has 0 saturated heterocycles. The summed E-state index contributed by atoms with van der Waals surface area (Å²) in [5, 5.41) is 0. The number of imidazole rings is 1. The number of H-pyrrole nitrogens is 1. The highest BCUT2D eigenvalue weighted by Gasteiger charge is 2.12. The van der Waals surface area contributed by atoms with Crippen molar-refractivity contribution in [3.8, 4) is 0 Å². The summed E-state index contributed by atoms with van der Waals surface area (Å²) in [5.74, 6) is 0.811. The van der Waals surface area contributed by atoms with Gasteiger partial charge in [0.2, 0.25) is 0 Å². The van der Waals surface area contributed by atoms with Crippen LogP contribution in [0.4, 0.5) is 0 Å². The van der Waals surface area contributed by atoms with E-state index >= 15 is 0 Å². The molecule has 0 aliphatic rings. The summed E-state index contributed by atoms with van der Waals surface area (Å²) < 4.78 is 1.02. The van der Waals surface area contributed by atoms with E-state index in [-0.39, 0.29) is 5.78 Å². The molecule has 4 heteroatoms. The Labute approximate surface area is 107 Å². The molecule has 0 unspecified atom stereocenters. The Balaban J connectivity index is 2.24. The van der Waals surface area contributed by atoms with E-state index in [0.29, 0.717) is 12.2 Å². The van der Waals surface area contributed by atoms with Crippen molar-refractivity contribution in [3.63, 3.8) is 0 Å². The zero-order valence-electron chi connectivity index (χ0n) is 8.83. The minimum absolute atomic E-state index is 0.100. The third kappa shape index (κ3) is 2.32. The second-order valence-electron chi connectivity index (χ2n) is 3.57. The highest BCUT2D eigenvalue weighted by atomic mass is 127. The number of aromatic nitrogens is 2. The molecule has 0 aliphatic carbocycles. The fourth-order valence-corrected chi connectivity index (χ4v) is 2.17. The third-order valence-electron chi connectivity index (χ3n) is 2.38. The Hall–Kier alpha value is -1.17. The fraction of sp³-hybridized carbons (Fsp3) is 0.167. The average Bonchev–Trinajstić information content (AvgIpc) is 2.74. The van der Waals surface area contributed by atoms with Gasteiger partial charge in [-0.2, -0.15) is 0 Å². The number of aryl methyl sites for hydroxylation is 1. The first-order valence-corrected chi connectivity index (χ1v) is 6.03. The summed E-state index contributed by atoms with van der Waals surface area (Å²) in [7, 11) is 0. The van der Waals surface area contributed by atoms with Crippen LogP contribution in [-0.2, 0) is 6.42 Å². The summed E-state index contributed by atoms with van der Waals surface area (Å²) in [4.78, 5) is 19.0. The van der Waals surface area contributed by atoms with Gasteiger partial charge in [0.15, 0.2) is 5.78 Å². The van der Waals surface area contributed by atoms with E-state index in [1.54, 1.807) is 12.4 Å².